The minimum atomic E-state index is -0.430. The highest BCUT2D eigenvalue weighted by Crippen LogP contribution is 2.22. The Labute approximate surface area is 94.9 Å². The Morgan fingerprint density at radius 3 is 2.75 bits per heavy atom. The summed E-state index contributed by atoms with van der Waals surface area (Å²) >= 11 is 0. The molecule has 0 aromatic carbocycles. The van der Waals surface area contributed by atoms with Gasteiger partial charge >= 0.3 is 0 Å². The van der Waals surface area contributed by atoms with Crippen LogP contribution in [-0.2, 0) is 0 Å². The molecule has 0 saturated heterocycles. The summed E-state index contributed by atoms with van der Waals surface area (Å²) in [6, 6.07) is 0. The summed E-state index contributed by atoms with van der Waals surface area (Å²) in [6.07, 6.45) is 2.65. The van der Waals surface area contributed by atoms with Gasteiger partial charge in [-0.05, 0) is 26.7 Å². The molecule has 0 fully saturated rings. The van der Waals surface area contributed by atoms with Crippen LogP contribution in [0.3, 0.4) is 0 Å². The van der Waals surface area contributed by atoms with E-state index in [1.807, 2.05) is 13.8 Å². The maximum absolute atomic E-state index is 13.7. The first-order valence-electron chi connectivity index (χ1n) is 5.38. The van der Waals surface area contributed by atoms with Gasteiger partial charge in [0.1, 0.15) is 6.33 Å². The van der Waals surface area contributed by atoms with Crippen molar-refractivity contribution in [2.45, 2.75) is 39.2 Å². The molecule has 1 atom stereocenters. The van der Waals surface area contributed by atoms with Crippen molar-refractivity contribution >= 4 is 5.82 Å². The number of hydrogen-bond acceptors (Lipinski definition) is 4. The van der Waals surface area contributed by atoms with E-state index in [2.05, 4.69) is 15.3 Å². The monoisotopic (exact) mass is 227 g/mol. The highest BCUT2D eigenvalue weighted by molar-refractivity contribution is 5.39. The molecule has 0 aliphatic rings. The predicted molar refractivity (Wildman–Crippen MR) is 60.7 cm³/mol. The summed E-state index contributed by atoms with van der Waals surface area (Å²) in [7, 11) is 0. The lowest BCUT2D eigenvalue weighted by Gasteiger charge is -2.29. The topological polar surface area (TPSA) is 58.0 Å². The molecule has 0 bridgehead atoms. The van der Waals surface area contributed by atoms with Crippen LogP contribution in [-0.4, -0.2) is 27.2 Å². The average Bonchev–Trinajstić information content (AvgIpc) is 2.25. The van der Waals surface area contributed by atoms with Crippen molar-refractivity contribution in [1.82, 2.24) is 9.97 Å². The Hall–Kier alpha value is -1.23. The van der Waals surface area contributed by atoms with E-state index in [1.54, 1.807) is 6.92 Å². The summed E-state index contributed by atoms with van der Waals surface area (Å²) in [5.74, 6) is -0.231. The van der Waals surface area contributed by atoms with Crippen LogP contribution in [0.1, 0.15) is 32.4 Å². The average molecular weight is 227 g/mol. The number of aromatic nitrogens is 2. The van der Waals surface area contributed by atoms with Gasteiger partial charge in [0.25, 0.3) is 0 Å². The van der Waals surface area contributed by atoms with Gasteiger partial charge in [0.15, 0.2) is 11.6 Å². The fraction of sp³-hybridized carbons (Fsp3) is 0.636. The van der Waals surface area contributed by atoms with Crippen molar-refractivity contribution in [3.05, 3.63) is 17.8 Å². The van der Waals surface area contributed by atoms with E-state index in [9.17, 15) is 4.39 Å². The normalized spacial score (nSPS) is 14.6. The highest BCUT2D eigenvalue weighted by Gasteiger charge is 2.23. The van der Waals surface area contributed by atoms with E-state index in [0.717, 1.165) is 6.42 Å². The first-order valence-corrected chi connectivity index (χ1v) is 5.38. The number of aliphatic hydroxyl groups excluding tert-OH is 1. The molecule has 5 heteroatoms. The van der Waals surface area contributed by atoms with E-state index >= 15 is 0 Å². The zero-order chi connectivity index (χ0) is 12.2. The standard InChI is InChI=1S/C11H18FN3O/c1-4-11(3,5-6-16)15-10-9(12)8(2)13-7-14-10/h7,16H,4-6H2,1-3H3,(H,13,14,15). The molecule has 1 heterocycles. The SMILES string of the molecule is CCC(C)(CCO)Nc1ncnc(C)c1F. The van der Waals surface area contributed by atoms with Gasteiger partial charge in [-0.15, -0.1) is 0 Å². The Balaban J connectivity index is 2.90. The molecule has 1 rings (SSSR count). The van der Waals surface area contributed by atoms with Crippen molar-refractivity contribution in [2.75, 3.05) is 11.9 Å². The molecule has 0 aliphatic heterocycles. The van der Waals surface area contributed by atoms with Crippen LogP contribution in [0, 0.1) is 12.7 Å². The van der Waals surface area contributed by atoms with Crippen molar-refractivity contribution in [3.8, 4) is 0 Å². The minimum Gasteiger partial charge on any atom is -0.396 e. The van der Waals surface area contributed by atoms with Crippen LogP contribution in [0.4, 0.5) is 10.2 Å². The lowest BCUT2D eigenvalue weighted by atomic mass is 9.95. The maximum atomic E-state index is 13.7. The number of halogens is 1. The van der Waals surface area contributed by atoms with Crippen molar-refractivity contribution in [1.29, 1.82) is 0 Å². The summed E-state index contributed by atoms with van der Waals surface area (Å²) < 4.78 is 13.7. The molecule has 2 N–H and O–H groups in total. The molecule has 0 saturated carbocycles. The van der Waals surface area contributed by atoms with Crippen LogP contribution in [0.25, 0.3) is 0 Å². The van der Waals surface area contributed by atoms with E-state index in [4.69, 9.17) is 5.11 Å². The molecule has 16 heavy (non-hydrogen) atoms. The molecule has 0 amide bonds. The highest BCUT2D eigenvalue weighted by atomic mass is 19.1. The quantitative estimate of drug-likeness (QED) is 0.806. The van der Waals surface area contributed by atoms with Crippen molar-refractivity contribution in [3.63, 3.8) is 0 Å². The van der Waals surface area contributed by atoms with E-state index in [1.165, 1.54) is 6.33 Å². The third-order valence-corrected chi connectivity index (χ3v) is 2.83. The number of rotatable bonds is 5. The molecule has 1 aromatic heterocycles. The van der Waals surface area contributed by atoms with Gasteiger partial charge < -0.3 is 10.4 Å². The third-order valence-electron chi connectivity index (χ3n) is 2.83. The first kappa shape index (κ1) is 12.8. The molecule has 0 spiro atoms. The van der Waals surface area contributed by atoms with Crippen LogP contribution < -0.4 is 5.32 Å². The fourth-order valence-corrected chi connectivity index (χ4v) is 1.41. The number of hydrogen-bond donors (Lipinski definition) is 2. The fourth-order valence-electron chi connectivity index (χ4n) is 1.41. The van der Waals surface area contributed by atoms with E-state index < -0.39 is 5.82 Å². The van der Waals surface area contributed by atoms with Gasteiger partial charge in [0.05, 0.1) is 5.69 Å². The number of anilines is 1. The summed E-state index contributed by atoms with van der Waals surface area (Å²) in [5, 5.41) is 12.0. The Bertz CT molecular complexity index is 359. The second-order valence-corrected chi connectivity index (χ2v) is 4.13. The second kappa shape index (κ2) is 5.21. The van der Waals surface area contributed by atoms with Gasteiger partial charge in [-0.25, -0.2) is 14.4 Å². The Kier molecular flexibility index (Phi) is 4.18. The minimum absolute atomic E-state index is 0.0586. The van der Waals surface area contributed by atoms with Gasteiger partial charge in [0, 0.05) is 12.1 Å². The van der Waals surface area contributed by atoms with Crippen LogP contribution in [0.2, 0.25) is 0 Å². The molecular weight excluding hydrogens is 209 g/mol. The number of nitrogens with zero attached hydrogens (tertiary/aromatic N) is 2. The van der Waals surface area contributed by atoms with Crippen molar-refractivity contribution < 1.29 is 9.50 Å². The lowest BCUT2D eigenvalue weighted by Crippen LogP contribution is -2.36. The third kappa shape index (κ3) is 2.88. The number of nitrogens with one attached hydrogen (secondary N) is 1. The van der Waals surface area contributed by atoms with Crippen molar-refractivity contribution in [2.24, 2.45) is 0 Å². The van der Waals surface area contributed by atoms with Gasteiger partial charge in [0.2, 0.25) is 0 Å². The molecule has 1 aromatic rings. The number of aryl methyl sites for hydroxylation is 1. The Morgan fingerprint density at radius 2 is 2.19 bits per heavy atom. The summed E-state index contributed by atoms with van der Waals surface area (Å²) in [5.41, 5.74) is -0.0314. The van der Waals surface area contributed by atoms with Crippen LogP contribution in [0.5, 0.6) is 0 Å². The molecule has 0 radical (unpaired) electrons. The predicted octanol–water partition coefficient (Wildman–Crippen LogP) is 1.89. The first-order chi connectivity index (χ1) is 7.52. The van der Waals surface area contributed by atoms with Crippen LogP contribution >= 0.6 is 0 Å². The van der Waals surface area contributed by atoms with Gasteiger partial charge in [-0.3, -0.25) is 0 Å². The summed E-state index contributed by atoms with van der Waals surface area (Å²) in [4.78, 5) is 7.64. The Morgan fingerprint density at radius 1 is 1.50 bits per heavy atom. The van der Waals surface area contributed by atoms with E-state index in [-0.39, 0.29) is 18.0 Å². The molecule has 0 aliphatic carbocycles. The molecule has 1 unspecified atom stereocenters. The molecular formula is C11H18FN3O. The van der Waals surface area contributed by atoms with Crippen LogP contribution in [0.15, 0.2) is 6.33 Å². The molecule has 90 valence electrons. The second-order valence-electron chi connectivity index (χ2n) is 4.13. The van der Waals surface area contributed by atoms with Gasteiger partial charge in [-0.1, -0.05) is 6.92 Å². The zero-order valence-electron chi connectivity index (χ0n) is 9.92. The largest absolute Gasteiger partial charge is 0.396 e. The molecule has 4 nitrogen and oxygen atoms in total. The van der Waals surface area contributed by atoms with E-state index in [0.29, 0.717) is 12.1 Å². The van der Waals surface area contributed by atoms with Gasteiger partial charge in [-0.2, -0.15) is 0 Å². The number of aliphatic hydroxyl groups is 1. The smallest absolute Gasteiger partial charge is 0.186 e. The summed E-state index contributed by atoms with van der Waals surface area (Å²) in [6.45, 7) is 5.56. The maximum Gasteiger partial charge on any atom is 0.186 e. The lowest BCUT2D eigenvalue weighted by molar-refractivity contribution is 0.251. The zero-order valence-corrected chi connectivity index (χ0v) is 9.92.